The summed E-state index contributed by atoms with van der Waals surface area (Å²) in [6.07, 6.45) is 3.22. The molecule has 0 bridgehead atoms. The second kappa shape index (κ2) is 6.16. The lowest BCUT2D eigenvalue weighted by Gasteiger charge is -2.04. The molecule has 1 amide bonds. The van der Waals surface area contributed by atoms with Gasteiger partial charge in [0.1, 0.15) is 5.82 Å². The first-order chi connectivity index (χ1) is 7.22. The van der Waals surface area contributed by atoms with Crippen molar-refractivity contribution in [2.45, 2.75) is 0 Å². The highest BCUT2D eigenvalue weighted by Gasteiger charge is 2.01. The molecule has 0 aromatic carbocycles. The summed E-state index contributed by atoms with van der Waals surface area (Å²) >= 11 is 5.73. The Bertz CT molecular complexity index is 354. The van der Waals surface area contributed by atoms with Crippen LogP contribution in [0, 0.1) is 0 Å². The number of aromatic nitrogens is 1. The fourth-order valence-corrected chi connectivity index (χ4v) is 1.11. The number of nitrogens with one attached hydrogen (secondary N) is 2. The zero-order valence-corrected chi connectivity index (χ0v) is 8.92. The van der Waals surface area contributed by atoms with Crippen molar-refractivity contribution in [1.82, 2.24) is 10.3 Å². The summed E-state index contributed by atoms with van der Waals surface area (Å²) in [4.78, 5) is 15.3. The summed E-state index contributed by atoms with van der Waals surface area (Å²) in [6, 6.07) is 3.24. The summed E-state index contributed by atoms with van der Waals surface area (Å²) in [5.74, 6) is 0.291. The molecule has 0 fully saturated rings. The van der Waals surface area contributed by atoms with Crippen LogP contribution in [0.5, 0.6) is 0 Å². The fraction of sp³-hybridized carbons (Fsp3) is 0.200. The maximum Gasteiger partial charge on any atom is 0.239 e. The van der Waals surface area contributed by atoms with E-state index in [1.165, 1.54) is 6.20 Å². The number of carbonyl (C=O) groups is 1. The van der Waals surface area contributed by atoms with E-state index in [0.717, 1.165) is 0 Å². The molecule has 1 aromatic rings. The van der Waals surface area contributed by atoms with Crippen molar-refractivity contribution in [2.24, 2.45) is 0 Å². The number of carbonyl (C=O) groups excluding carboxylic acids is 1. The average Bonchev–Trinajstić information content (AvgIpc) is 2.18. The quantitative estimate of drug-likeness (QED) is 0.589. The van der Waals surface area contributed by atoms with E-state index in [2.05, 4.69) is 22.2 Å². The second-order valence-electron chi connectivity index (χ2n) is 2.83. The minimum atomic E-state index is -0.161. The third kappa shape index (κ3) is 4.58. The van der Waals surface area contributed by atoms with Gasteiger partial charge in [-0.15, -0.1) is 6.58 Å². The van der Waals surface area contributed by atoms with E-state index in [4.69, 9.17) is 11.6 Å². The van der Waals surface area contributed by atoms with Crippen molar-refractivity contribution in [3.8, 4) is 0 Å². The number of anilines is 1. The van der Waals surface area contributed by atoms with Gasteiger partial charge in [-0.05, 0) is 12.1 Å². The third-order valence-electron chi connectivity index (χ3n) is 1.56. The molecule has 1 heterocycles. The highest BCUT2D eigenvalue weighted by molar-refractivity contribution is 6.30. The summed E-state index contributed by atoms with van der Waals surface area (Å²) in [5.41, 5.74) is 0. The van der Waals surface area contributed by atoms with Crippen LogP contribution >= 0.6 is 11.6 Å². The first-order valence-corrected chi connectivity index (χ1v) is 4.83. The molecule has 1 rings (SSSR count). The van der Waals surface area contributed by atoms with E-state index >= 15 is 0 Å². The van der Waals surface area contributed by atoms with Crippen molar-refractivity contribution in [3.05, 3.63) is 36.0 Å². The Morgan fingerprint density at radius 3 is 3.13 bits per heavy atom. The Hall–Kier alpha value is -1.39. The first kappa shape index (κ1) is 11.7. The fourth-order valence-electron chi connectivity index (χ4n) is 0.948. The summed E-state index contributed by atoms with van der Waals surface area (Å²) < 4.78 is 0. The van der Waals surface area contributed by atoms with Gasteiger partial charge in [0.05, 0.1) is 6.54 Å². The lowest BCUT2D eigenvalue weighted by atomic mass is 10.4. The number of hydrogen-bond acceptors (Lipinski definition) is 3. The molecule has 0 aliphatic rings. The number of halogens is 1. The topological polar surface area (TPSA) is 54.0 Å². The monoisotopic (exact) mass is 225 g/mol. The molecule has 0 atom stereocenters. The van der Waals surface area contributed by atoms with Crippen molar-refractivity contribution < 1.29 is 4.79 Å². The Kier molecular flexibility index (Phi) is 4.80. The number of hydrogen-bond donors (Lipinski definition) is 2. The van der Waals surface area contributed by atoms with E-state index in [-0.39, 0.29) is 12.5 Å². The van der Waals surface area contributed by atoms with Gasteiger partial charge < -0.3 is 10.6 Å². The van der Waals surface area contributed by atoms with E-state index in [9.17, 15) is 4.79 Å². The SMILES string of the molecule is C=CCNCC(=O)Nc1cc(Cl)ccn1. The minimum absolute atomic E-state index is 0.161. The largest absolute Gasteiger partial charge is 0.310 e. The van der Waals surface area contributed by atoms with Crippen LogP contribution in [-0.2, 0) is 4.79 Å². The molecule has 0 aliphatic heterocycles. The van der Waals surface area contributed by atoms with Crippen LogP contribution in [0.3, 0.4) is 0 Å². The van der Waals surface area contributed by atoms with Gasteiger partial charge in [0, 0.05) is 17.8 Å². The Balaban J connectivity index is 2.40. The molecule has 15 heavy (non-hydrogen) atoms. The summed E-state index contributed by atoms with van der Waals surface area (Å²) in [6.45, 7) is 4.35. The zero-order valence-electron chi connectivity index (χ0n) is 8.16. The van der Waals surface area contributed by atoms with Gasteiger partial charge >= 0.3 is 0 Å². The molecule has 0 radical (unpaired) electrons. The molecule has 80 valence electrons. The maximum atomic E-state index is 11.3. The van der Waals surface area contributed by atoms with Gasteiger partial charge in [-0.1, -0.05) is 17.7 Å². The Labute approximate surface area is 93.4 Å². The van der Waals surface area contributed by atoms with Crippen LogP contribution in [0.4, 0.5) is 5.82 Å². The number of nitrogens with zero attached hydrogens (tertiary/aromatic N) is 1. The molecule has 5 heteroatoms. The Morgan fingerprint density at radius 2 is 2.47 bits per heavy atom. The first-order valence-electron chi connectivity index (χ1n) is 4.45. The van der Waals surface area contributed by atoms with Crippen LogP contribution in [-0.4, -0.2) is 24.0 Å². The van der Waals surface area contributed by atoms with Crippen LogP contribution < -0.4 is 10.6 Å². The van der Waals surface area contributed by atoms with Gasteiger partial charge in [0.25, 0.3) is 0 Å². The highest BCUT2D eigenvalue weighted by Crippen LogP contribution is 2.11. The predicted octanol–water partition coefficient (Wildman–Crippen LogP) is 1.45. The molecule has 2 N–H and O–H groups in total. The average molecular weight is 226 g/mol. The summed E-state index contributed by atoms with van der Waals surface area (Å²) in [7, 11) is 0. The molecule has 0 saturated heterocycles. The molecule has 0 aliphatic carbocycles. The van der Waals surface area contributed by atoms with Crippen LogP contribution in [0.25, 0.3) is 0 Å². The van der Waals surface area contributed by atoms with E-state index < -0.39 is 0 Å². The number of amides is 1. The molecule has 4 nitrogen and oxygen atoms in total. The summed E-state index contributed by atoms with van der Waals surface area (Å²) in [5, 5.41) is 6.03. The van der Waals surface area contributed by atoms with Crippen LogP contribution in [0.15, 0.2) is 31.0 Å². The number of pyridine rings is 1. The van der Waals surface area contributed by atoms with E-state index in [1.807, 2.05) is 0 Å². The molecule has 1 aromatic heterocycles. The van der Waals surface area contributed by atoms with E-state index in [0.29, 0.717) is 17.4 Å². The molecule has 0 spiro atoms. The maximum absolute atomic E-state index is 11.3. The van der Waals surface area contributed by atoms with Gasteiger partial charge in [-0.25, -0.2) is 4.98 Å². The van der Waals surface area contributed by atoms with Crippen molar-refractivity contribution >= 4 is 23.3 Å². The standard InChI is InChI=1S/C10H12ClN3O/c1-2-4-12-7-10(15)14-9-6-8(11)3-5-13-9/h2-3,5-6,12H,1,4,7H2,(H,13,14,15). The van der Waals surface area contributed by atoms with E-state index in [1.54, 1.807) is 18.2 Å². The van der Waals surface area contributed by atoms with Crippen LogP contribution in [0.2, 0.25) is 5.02 Å². The van der Waals surface area contributed by atoms with Gasteiger partial charge in [-0.3, -0.25) is 4.79 Å². The van der Waals surface area contributed by atoms with Gasteiger partial charge in [0.15, 0.2) is 0 Å². The lowest BCUT2D eigenvalue weighted by Crippen LogP contribution is -2.28. The third-order valence-corrected chi connectivity index (χ3v) is 1.80. The Morgan fingerprint density at radius 1 is 1.67 bits per heavy atom. The minimum Gasteiger partial charge on any atom is -0.310 e. The molecular weight excluding hydrogens is 214 g/mol. The van der Waals surface area contributed by atoms with Gasteiger partial charge in [-0.2, -0.15) is 0 Å². The van der Waals surface area contributed by atoms with Crippen LogP contribution in [0.1, 0.15) is 0 Å². The van der Waals surface area contributed by atoms with Crippen molar-refractivity contribution in [1.29, 1.82) is 0 Å². The second-order valence-corrected chi connectivity index (χ2v) is 3.26. The van der Waals surface area contributed by atoms with Gasteiger partial charge in [0.2, 0.25) is 5.91 Å². The molecular formula is C10H12ClN3O. The highest BCUT2D eigenvalue weighted by atomic mass is 35.5. The zero-order chi connectivity index (χ0) is 11.1. The molecule has 0 saturated carbocycles. The smallest absolute Gasteiger partial charge is 0.239 e. The lowest BCUT2D eigenvalue weighted by molar-refractivity contribution is -0.115. The predicted molar refractivity (Wildman–Crippen MR) is 60.9 cm³/mol. The van der Waals surface area contributed by atoms with Crippen molar-refractivity contribution in [3.63, 3.8) is 0 Å². The normalized spacial score (nSPS) is 9.67. The number of rotatable bonds is 5. The molecule has 0 unspecified atom stereocenters. The van der Waals surface area contributed by atoms with Crippen molar-refractivity contribution in [2.75, 3.05) is 18.4 Å².